The first-order valence-electron chi connectivity index (χ1n) is 10.3. The van der Waals surface area contributed by atoms with Crippen LogP contribution in [0.1, 0.15) is 103 Å². The number of aliphatic hydroxyl groups is 3. The van der Waals surface area contributed by atoms with Gasteiger partial charge in [-0.25, -0.2) is 0 Å². The van der Waals surface area contributed by atoms with Crippen LogP contribution >= 0.6 is 0 Å². The maximum absolute atomic E-state index is 11.4. The van der Waals surface area contributed by atoms with Gasteiger partial charge in [0.05, 0.1) is 6.61 Å². The van der Waals surface area contributed by atoms with Crippen molar-refractivity contribution in [3.63, 3.8) is 0 Å². The fourth-order valence-corrected chi connectivity index (χ4v) is 2.83. The molecule has 3 N–H and O–H groups in total. The molecule has 0 heterocycles. The van der Waals surface area contributed by atoms with Gasteiger partial charge in [-0.15, -0.1) is 0 Å². The minimum Gasteiger partial charge on any atom is -0.433 e. The van der Waals surface area contributed by atoms with E-state index in [0.717, 1.165) is 19.3 Å². The molecule has 25 heavy (non-hydrogen) atoms. The van der Waals surface area contributed by atoms with Crippen molar-refractivity contribution in [2.24, 2.45) is 0 Å². The van der Waals surface area contributed by atoms with Crippen LogP contribution < -0.4 is 0 Å². The summed E-state index contributed by atoms with van der Waals surface area (Å²) in [7, 11) is 0. The van der Waals surface area contributed by atoms with Crippen molar-refractivity contribution in [2.45, 2.75) is 116 Å². The third-order valence-corrected chi connectivity index (χ3v) is 4.50. The number of unbranched alkanes of at least 4 members (excludes halogenated alkanes) is 13. The maximum Gasteiger partial charge on any atom is 0.308 e. The summed E-state index contributed by atoms with van der Waals surface area (Å²) in [6, 6.07) is 0. The molecule has 0 unspecified atom stereocenters. The number of aliphatic hydroxyl groups excluding tert-OH is 3. The predicted octanol–water partition coefficient (Wildman–Crippen LogP) is 4.07. The van der Waals surface area contributed by atoms with Gasteiger partial charge in [0.1, 0.15) is 6.10 Å². The maximum atomic E-state index is 11.4. The van der Waals surface area contributed by atoms with E-state index >= 15 is 0 Å². The molecule has 0 fully saturated rings. The summed E-state index contributed by atoms with van der Waals surface area (Å²) in [6.07, 6.45) is 14.7. The Morgan fingerprint density at radius 3 is 1.56 bits per heavy atom. The quantitative estimate of drug-likeness (QED) is 0.195. The van der Waals surface area contributed by atoms with Crippen molar-refractivity contribution in [2.75, 3.05) is 6.61 Å². The highest BCUT2D eigenvalue weighted by atomic mass is 16.6. The zero-order valence-electron chi connectivity index (χ0n) is 16.1. The minimum absolute atomic E-state index is 0.243. The summed E-state index contributed by atoms with van der Waals surface area (Å²) in [5.74, 6) is -0.529. The highest BCUT2D eigenvalue weighted by molar-refractivity contribution is 5.69. The molecular weight excluding hydrogens is 320 g/mol. The van der Waals surface area contributed by atoms with Gasteiger partial charge in [-0.05, 0) is 6.42 Å². The van der Waals surface area contributed by atoms with E-state index in [2.05, 4.69) is 11.7 Å². The Kier molecular flexibility index (Phi) is 17.7. The normalized spacial score (nSPS) is 13.6. The molecule has 0 aromatic heterocycles. The van der Waals surface area contributed by atoms with Crippen LogP contribution in [0.4, 0.5) is 0 Å². The van der Waals surface area contributed by atoms with Crippen molar-refractivity contribution in [1.82, 2.24) is 0 Å². The summed E-state index contributed by atoms with van der Waals surface area (Å²) in [5.41, 5.74) is 0. The van der Waals surface area contributed by atoms with Crippen LogP contribution in [-0.4, -0.2) is 40.3 Å². The van der Waals surface area contributed by atoms with Crippen LogP contribution in [0.25, 0.3) is 0 Å². The second-order valence-corrected chi connectivity index (χ2v) is 6.98. The summed E-state index contributed by atoms with van der Waals surface area (Å²) in [6.45, 7) is 1.62. The third kappa shape index (κ3) is 16.6. The lowest BCUT2D eigenvalue weighted by molar-refractivity contribution is -0.190. The first-order valence-corrected chi connectivity index (χ1v) is 10.3. The van der Waals surface area contributed by atoms with Crippen LogP contribution in [0.3, 0.4) is 0 Å². The van der Waals surface area contributed by atoms with Gasteiger partial charge in [0.2, 0.25) is 6.29 Å². The Balaban J connectivity index is 3.24. The summed E-state index contributed by atoms with van der Waals surface area (Å²) in [5, 5.41) is 27.0. The Morgan fingerprint density at radius 2 is 1.16 bits per heavy atom. The largest absolute Gasteiger partial charge is 0.433 e. The summed E-state index contributed by atoms with van der Waals surface area (Å²) < 4.78 is 4.62. The molecule has 5 heteroatoms. The van der Waals surface area contributed by atoms with E-state index in [0.29, 0.717) is 0 Å². The van der Waals surface area contributed by atoms with Gasteiger partial charge in [0, 0.05) is 6.42 Å². The molecule has 0 rings (SSSR count). The molecule has 0 saturated carbocycles. The molecular formula is C20H40O5. The van der Waals surface area contributed by atoms with E-state index in [9.17, 15) is 9.90 Å². The number of carbonyl (C=O) groups is 1. The molecule has 0 saturated heterocycles. The van der Waals surface area contributed by atoms with Gasteiger partial charge in [-0.1, -0.05) is 90.4 Å². The Labute approximate surface area is 153 Å². The second-order valence-electron chi connectivity index (χ2n) is 6.98. The molecule has 0 radical (unpaired) electrons. The third-order valence-electron chi connectivity index (χ3n) is 4.50. The molecule has 0 aromatic rings. The number of esters is 1. The average Bonchev–Trinajstić information content (AvgIpc) is 2.61. The number of hydrogen-bond donors (Lipinski definition) is 3. The summed E-state index contributed by atoms with van der Waals surface area (Å²) in [4.78, 5) is 11.4. The van der Waals surface area contributed by atoms with Gasteiger partial charge in [-0.3, -0.25) is 4.79 Å². The first kappa shape index (κ1) is 24.4. The number of ether oxygens (including phenoxy) is 1. The SMILES string of the molecule is CCCCCCCCCCCCCCCCC(=O)O[C@H](O)[C@@H](O)CO. The minimum atomic E-state index is -1.64. The molecule has 0 aliphatic rings. The smallest absolute Gasteiger partial charge is 0.308 e. The van der Waals surface area contributed by atoms with Crippen molar-refractivity contribution in [3.8, 4) is 0 Å². The van der Waals surface area contributed by atoms with Crippen LogP contribution in [0, 0.1) is 0 Å². The lowest BCUT2D eigenvalue weighted by Crippen LogP contribution is -2.33. The fourth-order valence-electron chi connectivity index (χ4n) is 2.83. The fraction of sp³-hybridized carbons (Fsp3) is 0.950. The molecule has 150 valence electrons. The van der Waals surface area contributed by atoms with E-state index < -0.39 is 25.0 Å². The topological polar surface area (TPSA) is 87.0 Å². The molecule has 5 nitrogen and oxygen atoms in total. The Bertz CT molecular complexity index is 296. The van der Waals surface area contributed by atoms with E-state index in [4.69, 9.17) is 10.2 Å². The van der Waals surface area contributed by atoms with Crippen LogP contribution in [-0.2, 0) is 9.53 Å². The van der Waals surface area contributed by atoms with Gasteiger partial charge in [-0.2, -0.15) is 0 Å². The highest BCUT2D eigenvalue weighted by Gasteiger charge is 2.19. The molecule has 0 aliphatic carbocycles. The van der Waals surface area contributed by atoms with Gasteiger partial charge in [0.15, 0.2) is 0 Å². The van der Waals surface area contributed by atoms with Crippen LogP contribution in [0.2, 0.25) is 0 Å². The first-order chi connectivity index (χ1) is 12.1. The number of carbonyl (C=O) groups excluding carboxylic acids is 1. The zero-order valence-corrected chi connectivity index (χ0v) is 16.1. The van der Waals surface area contributed by atoms with Gasteiger partial charge < -0.3 is 20.1 Å². The molecule has 0 amide bonds. The Hall–Kier alpha value is -0.650. The van der Waals surface area contributed by atoms with Crippen molar-refractivity contribution < 1.29 is 24.9 Å². The van der Waals surface area contributed by atoms with E-state index in [-0.39, 0.29) is 6.42 Å². The van der Waals surface area contributed by atoms with E-state index in [1.165, 1.54) is 70.6 Å². The number of hydrogen-bond acceptors (Lipinski definition) is 5. The predicted molar refractivity (Wildman–Crippen MR) is 100 cm³/mol. The average molecular weight is 361 g/mol. The molecule has 0 aromatic carbocycles. The molecule has 0 bridgehead atoms. The van der Waals surface area contributed by atoms with Crippen molar-refractivity contribution in [1.29, 1.82) is 0 Å². The second kappa shape index (κ2) is 18.2. The lowest BCUT2D eigenvalue weighted by atomic mass is 10.0. The van der Waals surface area contributed by atoms with E-state index in [1.54, 1.807) is 0 Å². The number of rotatable bonds is 18. The van der Waals surface area contributed by atoms with Crippen molar-refractivity contribution in [3.05, 3.63) is 0 Å². The standard InChI is InChI=1S/C20H40O5/c1-2-3-4-5-6-7-8-9-10-11-12-13-14-15-16-19(23)25-20(24)18(22)17-21/h18,20-22,24H,2-17H2,1H3/t18-,20-/m0/s1. The van der Waals surface area contributed by atoms with Crippen LogP contribution in [0.5, 0.6) is 0 Å². The van der Waals surface area contributed by atoms with Crippen molar-refractivity contribution >= 4 is 5.97 Å². The van der Waals surface area contributed by atoms with E-state index in [1.807, 2.05) is 0 Å². The highest BCUT2D eigenvalue weighted by Crippen LogP contribution is 2.13. The Morgan fingerprint density at radius 1 is 0.760 bits per heavy atom. The molecule has 0 aliphatic heterocycles. The monoisotopic (exact) mass is 360 g/mol. The zero-order chi connectivity index (χ0) is 18.8. The molecule has 0 spiro atoms. The molecule has 2 atom stereocenters. The van der Waals surface area contributed by atoms with Crippen LogP contribution in [0.15, 0.2) is 0 Å². The summed E-state index contributed by atoms with van der Waals surface area (Å²) >= 11 is 0. The lowest BCUT2D eigenvalue weighted by Gasteiger charge is -2.15. The van der Waals surface area contributed by atoms with Gasteiger partial charge >= 0.3 is 5.97 Å². The van der Waals surface area contributed by atoms with Gasteiger partial charge in [0.25, 0.3) is 0 Å².